The van der Waals surface area contributed by atoms with Crippen molar-refractivity contribution in [1.82, 2.24) is 10.6 Å². The number of nitrogens with zero attached hydrogens (tertiary/aromatic N) is 1. The Bertz CT molecular complexity index is 1460. The first-order valence-electron chi connectivity index (χ1n) is 11.1. The number of rotatable bonds is 7. The molecular weight excluding hydrogens is 486 g/mol. The van der Waals surface area contributed by atoms with Crippen LogP contribution in [0.3, 0.4) is 0 Å². The van der Waals surface area contributed by atoms with Gasteiger partial charge in [-0.1, -0.05) is 29.8 Å². The molecule has 2 aromatic carbocycles. The molecule has 1 atom stereocenters. The molecule has 1 unspecified atom stereocenters. The highest BCUT2D eigenvalue weighted by atomic mass is 32.2. The van der Waals surface area contributed by atoms with E-state index >= 15 is 0 Å². The van der Waals surface area contributed by atoms with Gasteiger partial charge in [-0.15, -0.1) is 0 Å². The van der Waals surface area contributed by atoms with Crippen LogP contribution in [0.5, 0.6) is 0 Å². The van der Waals surface area contributed by atoms with Crippen molar-refractivity contribution in [3.8, 4) is 11.3 Å². The van der Waals surface area contributed by atoms with Crippen molar-refractivity contribution >= 4 is 33.4 Å². The van der Waals surface area contributed by atoms with E-state index < -0.39 is 32.6 Å². The predicted molar refractivity (Wildman–Crippen MR) is 133 cm³/mol. The van der Waals surface area contributed by atoms with Crippen LogP contribution in [0.25, 0.3) is 17.4 Å². The number of nitro groups is 1. The van der Waals surface area contributed by atoms with Gasteiger partial charge in [0.05, 0.1) is 22.0 Å². The van der Waals surface area contributed by atoms with E-state index in [0.29, 0.717) is 5.56 Å². The molecule has 11 heteroatoms. The summed E-state index contributed by atoms with van der Waals surface area (Å²) in [4.78, 5) is 36.7. The third-order valence-electron chi connectivity index (χ3n) is 5.65. The molecule has 186 valence electrons. The Morgan fingerprint density at radius 1 is 1.08 bits per heavy atom. The van der Waals surface area contributed by atoms with Crippen LogP contribution >= 0.6 is 0 Å². The summed E-state index contributed by atoms with van der Waals surface area (Å²) in [6.07, 6.45) is 1.57. The number of sulfone groups is 1. The highest BCUT2D eigenvalue weighted by Gasteiger charge is 2.30. The molecule has 0 bridgehead atoms. The lowest BCUT2D eigenvalue weighted by Gasteiger charge is -2.14. The van der Waals surface area contributed by atoms with Crippen LogP contribution in [0, 0.1) is 17.0 Å². The number of carbonyl (C=O) groups excluding carboxylic acids is 2. The highest BCUT2D eigenvalue weighted by Crippen LogP contribution is 2.31. The minimum atomic E-state index is -3.23. The molecule has 1 saturated heterocycles. The lowest BCUT2D eigenvalue weighted by Crippen LogP contribution is -2.41. The Morgan fingerprint density at radius 2 is 1.81 bits per heavy atom. The van der Waals surface area contributed by atoms with Crippen LogP contribution in [0.15, 0.2) is 70.8 Å². The Balaban J connectivity index is 1.63. The topological polar surface area (TPSA) is 149 Å². The largest absolute Gasteiger partial charge is 0.456 e. The molecule has 1 fully saturated rings. The van der Waals surface area contributed by atoms with Gasteiger partial charge < -0.3 is 15.1 Å². The molecule has 3 aromatic rings. The van der Waals surface area contributed by atoms with Crippen molar-refractivity contribution in [2.24, 2.45) is 0 Å². The lowest BCUT2D eigenvalue weighted by molar-refractivity contribution is -0.384. The van der Waals surface area contributed by atoms with Crippen molar-refractivity contribution in [2.75, 3.05) is 11.5 Å². The van der Waals surface area contributed by atoms with Gasteiger partial charge in [-0.05, 0) is 43.7 Å². The van der Waals surface area contributed by atoms with E-state index in [0.717, 1.165) is 5.56 Å². The molecule has 2 N–H and O–H groups in total. The zero-order chi connectivity index (χ0) is 25.9. The van der Waals surface area contributed by atoms with Gasteiger partial charge in [0.25, 0.3) is 17.5 Å². The molecule has 1 aromatic heterocycles. The second-order valence-electron chi connectivity index (χ2n) is 8.43. The van der Waals surface area contributed by atoms with E-state index in [1.807, 2.05) is 6.92 Å². The van der Waals surface area contributed by atoms with Crippen LogP contribution in [-0.4, -0.2) is 42.7 Å². The maximum atomic E-state index is 13.0. The summed E-state index contributed by atoms with van der Waals surface area (Å²) in [5, 5.41) is 16.6. The Labute approximate surface area is 207 Å². The minimum Gasteiger partial charge on any atom is -0.456 e. The minimum absolute atomic E-state index is 0.0237. The van der Waals surface area contributed by atoms with Crippen molar-refractivity contribution < 1.29 is 27.3 Å². The molecular formula is C25H23N3O7S. The third kappa shape index (κ3) is 5.87. The number of nitro benzene ring substituents is 1. The summed E-state index contributed by atoms with van der Waals surface area (Å²) in [7, 11) is -3.23. The number of furan rings is 1. The maximum absolute atomic E-state index is 13.0. The quantitative estimate of drug-likeness (QED) is 0.282. The van der Waals surface area contributed by atoms with Gasteiger partial charge in [-0.3, -0.25) is 19.7 Å². The standard InChI is InChI=1S/C25H23N3O7S/c1-16-6-8-17(9-7-16)24(29)27-21(25(30)26-18-12-13-36(33,34)15-18)14-19-10-11-23(35-19)20-4-2-3-5-22(20)28(31)32/h2-11,14,18H,12-13,15H2,1H3,(H,26,30)(H,27,29)/b21-14-. The molecule has 36 heavy (non-hydrogen) atoms. The Kier molecular flexibility index (Phi) is 7.02. The summed E-state index contributed by atoms with van der Waals surface area (Å²) in [5.74, 6) is -1.05. The van der Waals surface area contributed by atoms with Crippen LogP contribution in [0.2, 0.25) is 0 Å². The number of aryl methyl sites for hydroxylation is 1. The Morgan fingerprint density at radius 3 is 2.47 bits per heavy atom. The van der Waals surface area contributed by atoms with Gasteiger partial charge in [0.1, 0.15) is 17.2 Å². The van der Waals surface area contributed by atoms with E-state index in [1.54, 1.807) is 30.3 Å². The van der Waals surface area contributed by atoms with E-state index in [2.05, 4.69) is 10.6 Å². The number of benzene rings is 2. The second-order valence-corrected chi connectivity index (χ2v) is 10.7. The molecule has 10 nitrogen and oxygen atoms in total. The number of hydrogen-bond acceptors (Lipinski definition) is 7. The van der Waals surface area contributed by atoms with Crippen molar-refractivity contribution in [2.45, 2.75) is 19.4 Å². The fraction of sp³-hybridized carbons (Fsp3) is 0.200. The van der Waals surface area contributed by atoms with Crippen LogP contribution in [0.1, 0.15) is 28.1 Å². The predicted octanol–water partition coefficient (Wildman–Crippen LogP) is 3.24. The van der Waals surface area contributed by atoms with E-state index in [-0.39, 0.29) is 46.4 Å². The summed E-state index contributed by atoms with van der Waals surface area (Å²) in [6, 6.07) is 15.3. The van der Waals surface area contributed by atoms with Gasteiger partial charge in [0.15, 0.2) is 9.84 Å². The monoisotopic (exact) mass is 509 g/mol. The number of hydrogen-bond donors (Lipinski definition) is 2. The molecule has 4 rings (SSSR count). The number of amides is 2. The van der Waals surface area contributed by atoms with Crippen molar-refractivity contribution in [3.63, 3.8) is 0 Å². The summed E-state index contributed by atoms with van der Waals surface area (Å²) in [6.45, 7) is 1.88. The van der Waals surface area contributed by atoms with Gasteiger partial charge in [0.2, 0.25) is 0 Å². The zero-order valence-corrected chi connectivity index (χ0v) is 20.1. The summed E-state index contributed by atoms with van der Waals surface area (Å²) in [5.41, 5.74) is 1.24. The first-order valence-corrected chi connectivity index (χ1v) is 12.9. The third-order valence-corrected chi connectivity index (χ3v) is 7.42. The van der Waals surface area contributed by atoms with Crippen LogP contribution in [0.4, 0.5) is 5.69 Å². The van der Waals surface area contributed by atoms with Crippen LogP contribution in [-0.2, 0) is 14.6 Å². The maximum Gasteiger partial charge on any atom is 0.280 e. The van der Waals surface area contributed by atoms with E-state index in [1.165, 1.54) is 36.4 Å². The number of carbonyl (C=O) groups is 2. The molecule has 0 spiro atoms. The number of para-hydroxylation sites is 1. The average molecular weight is 510 g/mol. The number of nitrogens with one attached hydrogen (secondary N) is 2. The molecule has 0 radical (unpaired) electrons. The fourth-order valence-electron chi connectivity index (χ4n) is 3.79. The first kappa shape index (κ1) is 24.9. The van der Waals surface area contributed by atoms with Gasteiger partial charge in [0, 0.05) is 23.7 Å². The molecule has 2 heterocycles. The van der Waals surface area contributed by atoms with Crippen LogP contribution < -0.4 is 10.6 Å². The summed E-state index contributed by atoms with van der Waals surface area (Å²) < 4.78 is 29.3. The van der Waals surface area contributed by atoms with Crippen molar-refractivity contribution in [3.05, 3.63) is 93.4 Å². The first-order chi connectivity index (χ1) is 17.1. The molecule has 1 aliphatic heterocycles. The molecule has 2 amide bonds. The smallest absolute Gasteiger partial charge is 0.280 e. The van der Waals surface area contributed by atoms with Crippen molar-refractivity contribution in [1.29, 1.82) is 0 Å². The average Bonchev–Trinajstić information content (AvgIpc) is 3.44. The lowest BCUT2D eigenvalue weighted by atomic mass is 10.1. The van der Waals surface area contributed by atoms with Gasteiger partial charge in [-0.25, -0.2) is 8.42 Å². The molecule has 1 aliphatic rings. The SMILES string of the molecule is Cc1ccc(C(=O)N/C(=C\c2ccc(-c3ccccc3[N+](=O)[O-])o2)C(=O)NC2CCS(=O)(=O)C2)cc1. The molecule has 0 saturated carbocycles. The van der Waals surface area contributed by atoms with Gasteiger partial charge >= 0.3 is 0 Å². The Hall–Kier alpha value is -4.25. The normalized spacial score (nSPS) is 16.9. The summed E-state index contributed by atoms with van der Waals surface area (Å²) >= 11 is 0. The second kappa shape index (κ2) is 10.2. The van der Waals surface area contributed by atoms with E-state index in [9.17, 15) is 28.1 Å². The van der Waals surface area contributed by atoms with Gasteiger partial charge in [-0.2, -0.15) is 0 Å². The fourth-order valence-corrected chi connectivity index (χ4v) is 5.46. The molecule has 0 aliphatic carbocycles. The highest BCUT2D eigenvalue weighted by molar-refractivity contribution is 7.91. The van der Waals surface area contributed by atoms with E-state index in [4.69, 9.17) is 4.42 Å². The zero-order valence-electron chi connectivity index (χ0n) is 19.3.